The van der Waals surface area contributed by atoms with Crippen molar-refractivity contribution < 1.29 is 0 Å². The van der Waals surface area contributed by atoms with Crippen LogP contribution in [0, 0.1) is 0 Å². The minimum atomic E-state index is 0.457. The molecule has 1 aliphatic heterocycles. The molecule has 1 atom stereocenters. The van der Waals surface area contributed by atoms with Crippen LogP contribution in [-0.2, 0) is 0 Å². The van der Waals surface area contributed by atoms with Gasteiger partial charge in [0.1, 0.15) is 23.8 Å². The summed E-state index contributed by atoms with van der Waals surface area (Å²) in [5.41, 5.74) is 0. The number of nitrogens with zero attached hydrogens (tertiary/aromatic N) is 3. The fourth-order valence-corrected chi connectivity index (χ4v) is 2.25. The summed E-state index contributed by atoms with van der Waals surface area (Å²) in [6, 6.07) is 6.41. The average molecular weight is 258 g/mol. The topological polar surface area (TPSA) is 68.9 Å². The lowest BCUT2D eigenvalue weighted by Gasteiger charge is -2.18. The van der Waals surface area contributed by atoms with Crippen LogP contribution in [0.4, 0.5) is 17.5 Å². The molecule has 100 valence electrons. The molecule has 0 saturated carbocycles. The van der Waals surface area contributed by atoms with E-state index >= 15 is 0 Å². The number of aromatic amines is 1. The molecule has 1 unspecified atom stereocenters. The summed E-state index contributed by atoms with van der Waals surface area (Å²) in [5, 5.41) is 6.76. The first kappa shape index (κ1) is 12.0. The molecule has 0 spiro atoms. The van der Waals surface area contributed by atoms with Gasteiger partial charge in [-0.25, -0.2) is 9.97 Å². The van der Waals surface area contributed by atoms with E-state index in [0.29, 0.717) is 6.04 Å². The number of rotatable bonds is 4. The molecule has 2 aromatic rings. The second-order valence-electron chi connectivity index (χ2n) is 4.71. The molecule has 0 amide bonds. The van der Waals surface area contributed by atoms with Crippen LogP contribution in [0.15, 0.2) is 30.7 Å². The van der Waals surface area contributed by atoms with Gasteiger partial charge in [-0.2, -0.15) is 0 Å². The number of H-pyrrole nitrogens is 1. The molecule has 0 bridgehead atoms. The first-order valence-electron chi connectivity index (χ1n) is 6.49. The standard InChI is InChI=1S/C13H18N6/c1-19(12-3-2-5-15-12)13-7-11(16-9-17-13)18-10-4-6-14-8-10/h2-3,5,7,9-10,14-15H,4,6,8H2,1H3,(H,16,17,18). The highest BCUT2D eigenvalue weighted by atomic mass is 15.2. The Hall–Kier alpha value is -2.08. The van der Waals surface area contributed by atoms with Gasteiger partial charge in [-0.1, -0.05) is 0 Å². The molecule has 6 heteroatoms. The second kappa shape index (κ2) is 5.27. The second-order valence-corrected chi connectivity index (χ2v) is 4.71. The van der Waals surface area contributed by atoms with Gasteiger partial charge in [0.2, 0.25) is 0 Å². The third-order valence-electron chi connectivity index (χ3n) is 3.35. The summed E-state index contributed by atoms with van der Waals surface area (Å²) >= 11 is 0. The van der Waals surface area contributed by atoms with Gasteiger partial charge in [0.15, 0.2) is 0 Å². The number of aromatic nitrogens is 3. The highest BCUT2D eigenvalue weighted by Gasteiger charge is 2.15. The normalized spacial score (nSPS) is 18.5. The lowest BCUT2D eigenvalue weighted by Crippen LogP contribution is -2.23. The van der Waals surface area contributed by atoms with Crippen molar-refractivity contribution in [2.45, 2.75) is 12.5 Å². The molecule has 1 fully saturated rings. The number of nitrogens with one attached hydrogen (secondary N) is 3. The van der Waals surface area contributed by atoms with Crippen molar-refractivity contribution in [1.82, 2.24) is 20.3 Å². The van der Waals surface area contributed by atoms with E-state index in [2.05, 4.69) is 25.6 Å². The van der Waals surface area contributed by atoms with Crippen LogP contribution in [0.3, 0.4) is 0 Å². The zero-order valence-corrected chi connectivity index (χ0v) is 10.9. The Bertz CT molecular complexity index is 518. The Kier molecular flexibility index (Phi) is 3.33. The van der Waals surface area contributed by atoms with E-state index in [4.69, 9.17) is 0 Å². The van der Waals surface area contributed by atoms with Gasteiger partial charge in [-0.3, -0.25) is 0 Å². The molecule has 0 radical (unpaired) electrons. The monoisotopic (exact) mass is 258 g/mol. The predicted octanol–water partition coefficient (Wildman–Crippen LogP) is 1.35. The Morgan fingerprint density at radius 3 is 3.11 bits per heavy atom. The van der Waals surface area contributed by atoms with Crippen molar-refractivity contribution in [2.75, 3.05) is 30.4 Å². The number of anilines is 3. The quantitative estimate of drug-likeness (QED) is 0.772. The average Bonchev–Trinajstić information content (AvgIpc) is 3.11. The molecule has 0 aromatic carbocycles. The van der Waals surface area contributed by atoms with Gasteiger partial charge in [-0.15, -0.1) is 0 Å². The number of hydrogen-bond acceptors (Lipinski definition) is 5. The van der Waals surface area contributed by atoms with Crippen LogP contribution in [0.5, 0.6) is 0 Å². The Labute approximate surface area is 112 Å². The highest BCUT2D eigenvalue weighted by molar-refractivity contribution is 5.58. The largest absolute Gasteiger partial charge is 0.366 e. The maximum Gasteiger partial charge on any atom is 0.139 e. The van der Waals surface area contributed by atoms with Crippen molar-refractivity contribution in [2.24, 2.45) is 0 Å². The predicted molar refractivity (Wildman–Crippen MR) is 75.8 cm³/mol. The van der Waals surface area contributed by atoms with Crippen LogP contribution in [0.2, 0.25) is 0 Å². The Morgan fingerprint density at radius 1 is 1.42 bits per heavy atom. The van der Waals surface area contributed by atoms with Crippen molar-refractivity contribution in [3.05, 3.63) is 30.7 Å². The fourth-order valence-electron chi connectivity index (χ4n) is 2.25. The summed E-state index contributed by atoms with van der Waals surface area (Å²) < 4.78 is 0. The first-order chi connectivity index (χ1) is 9.33. The smallest absolute Gasteiger partial charge is 0.139 e. The van der Waals surface area contributed by atoms with Gasteiger partial charge in [-0.05, 0) is 25.1 Å². The fraction of sp³-hybridized carbons (Fsp3) is 0.385. The van der Waals surface area contributed by atoms with E-state index < -0.39 is 0 Å². The Morgan fingerprint density at radius 2 is 2.37 bits per heavy atom. The molecular weight excluding hydrogens is 240 g/mol. The molecule has 3 rings (SSSR count). The van der Waals surface area contributed by atoms with Gasteiger partial charge < -0.3 is 20.5 Å². The SMILES string of the molecule is CN(c1cc(NC2CCNC2)ncn1)c1ccc[nH]1. The summed E-state index contributed by atoms with van der Waals surface area (Å²) in [7, 11) is 1.98. The summed E-state index contributed by atoms with van der Waals surface area (Å²) in [6.07, 6.45) is 4.63. The summed E-state index contributed by atoms with van der Waals surface area (Å²) in [6.45, 7) is 2.06. The highest BCUT2D eigenvalue weighted by Crippen LogP contribution is 2.21. The lowest BCUT2D eigenvalue weighted by molar-refractivity contribution is 0.786. The third-order valence-corrected chi connectivity index (χ3v) is 3.35. The van der Waals surface area contributed by atoms with E-state index in [0.717, 1.165) is 37.0 Å². The van der Waals surface area contributed by atoms with Crippen LogP contribution in [0.1, 0.15) is 6.42 Å². The van der Waals surface area contributed by atoms with E-state index in [1.54, 1.807) is 6.33 Å². The summed E-state index contributed by atoms with van der Waals surface area (Å²) in [4.78, 5) is 13.8. The van der Waals surface area contributed by atoms with Crippen LogP contribution < -0.4 is 15.5 Å². The van der Waals surface area contributed by atoms with Crippen LogP contribution in [0.25, 0.3) is 0 Å². The zero-order chi connectivity index (χ0) is 13.1. The van der Waals surface area contributed by atoms with E-state index in [-0.39, 0.29) is 0 Å². The van der Waals surface area contributed by atoms with E-state index in [1.807, 2.05) is 36.3 Å². The molecule has 3 heterocycles. The van der Waals surface area contributed by atoms with E-state index in [1.165, 1.54) is 0 Å². The maximum absolute atomic E-state index is 4.31. The lowest BCUT2D eigenvalue weighted by atomic mass is 10.2. The van der Waals surface area contributed by atoms with Gasteiger partial charge >= 0.3 is 0 Å². The first-order valence-corrected chi connectivity index (χ1v) is 6.49. The van der Waals surface area contributed by atoms with Gasteiger partial charge in [0, 0.05) is 31.9 Å². The molecule has 6 nitrogen and oxygen atoms in total. The van der Waals surface area contributed by atoms with Crippen molar-refractivity contribution in [1.29, 1.82) is 0 Å². The van der Waals surface area contributed by atoms with E-state index in [9.17, 15) is 0 Å². The van der Waals surface area contributed by atoms with Gasteiger partial charge in [0.25, 0.3) is 0 Å². The molecule has 1 saturated heterocycles. The molecule has 0 aliphatic carbocycles. The Balaban J connectivity index is 1.75. The van der Waals surface area contributed by atoms with Crippen molar-refractivity contribution in [3.63, 3.8) is 0 Å². The molecule has 3 N–H and O–H groups in total. The van der Waals surface area contributed by atoms with Gasteiger partial charge in [0.05, 0.1) is 0 Å². The molecule has 2 aromatic heterocycles. The van der Waals surface area contributed by atoms with Crippen molar-refractivity contribution in [3.8, 4) is 0 Å². The zero-order valence-electron chi connectivity index (χ0n) is 10.9. The minimum Gasteiger partial charge on any atom is -0.366 e. The third kappa shape index (κ3) is 2.68. The van der Waals surface area contributed by atoms with Crippen LogP contribution in [-0.4, -0.2) is 41.1 Å². The summed E-state index contributed by atoms with van der Waals surface area (Å²) in [5.74, 6) is 2.75. The molecular formula is C13H18N6. The molecule has 1 aliphatic rings. The van der Waals surface area contributed by atoms with Crippen LogP contribution >= 0.6 is 0 Å². The maximum atomic E-state index is 4.31. The minimum absolute atomic E-state index is 0.457. The number of hydrogen-bond donors (Lipinski definition) is 3. The van der Waals surface area contributed by atoms with Crippen molar-refractivity contribution >= 4 is 17.5 Å². The molecule has 19 heavy (non-hydrogen) atoms.